The van der Waals surface area contributed by atoms with E-state index in [1.807, 2.05) is 55.5 Å². The van der Waals surface area contributed by atoms with Crippen molar-refractivity contribution in [1.82, 2.24) is 0 Å². The summed E-state index contributed by atoms with van der Waals surface area (Å²) in [6.07, 6.45) is 3.59. The van der Waals surface area contributed by atoms with Gasteiger partial charge in [-0.1, -0.05) is 57.0 Å². The van der Waals surface area contributed by atoms with E-state index in [0.29, 0.717) is 31.3 Å². The quantitative estimate of drug-likeness (QED) is 0.210. The molecule has 0 atom stereocenters. The van der Waals surface area contributed by atoms with Crippen LogP contribution in [0, 0.1) is 0 Å². The highest BCUT2D eigenvalue weighted by molar-refractivity contribution is 5.71. The minimum absolute atomic E-state index is 0.0746. The second-order valence-electron chi connectivity index (χ2n) is 9.02. The summed E-state index contributed by atoms with van der Waals surface area (Å²) in [6, 6.07) is 20.6. The molecule has 0 amide bonds. The van der Waals surface area contributed by atoms with Crippen LogP contribution in [0.3, 0.4) is 0 Å². The first-order valence-electron chi connectivity index (χ1n) is 14.1. The van der Waals surface area contributed by atoms with Gasteiger partial charge >= 0.3 is 11.9 Å². The molecule has 3 aromatic rings. The number of carbonyl (C=O) groups is 2. The smallest absolute Gasteiger partial charge is 0.344 e. The predicted molar refractivity (Wildman–Crippen MR) is 158 cm³/mol. The Bertz CT molecular complexity index is 1190. The molecule has 0 saturated heterocycles. The lowest BCUT2D eigenvalue weighted by molar-refractivity contribution is -0.146. The van der Waals surface area contributed by atoms with Crippen molar-refractivity contribution in [3.8, 4) is 23.0 Å². The Kier molecular flexibility index (Phi) is 15.3. The van der Waals surface area contributed by atoms with E-state index in [9.17, 15) is 14.7 Å². The van der Waals surface area contributed by atoms with E-state index in [1.165, 1.54) is 0 Å². The van der Waals surface area contributed by atoms with Crippen molar-refractivity contribution in [2.24, 2.45) is 0 Å². The normalized spacial score (nSPS) is 10.1. The van der Waals surface area contributed by atoms with Gasteiger partial charge in [0.25, 0.3) is 0 Å². The van der Waals surface area contributed by atoms with Gasteiger partial charge in [-0.05, 0) is 79.8 Å². The number of hydrogen-bond acceptors (Lipinski definition) is 8. The summed E-state index contributed by atoms with van der Waals surface area (Å²) in [4.78, 5) is 22.6. The highest BCUT2D eigenvalue weighted by atomic mass is 16.6. The van der Waals surface area contributed by atoms with Gasteiger partial charge in [-0.25, -0.2) is 9.59 Å². The molecule has 0 spiro atoms. The number of esters is 2. The highest BCUT2D eigenvalue weighted by Gasteiger charge is 2.10. The molecule has 41 heavy (non-hydrogen) atoms. The van der Waals surface area contributed by atoms with Crippen molar-refractivity contribution in [3.05, 3.63) is 83.4 Å². The maximum Gasteiger partial charge on any atom is 0.344 e. The molecule has 0 aromatic heterocycles. The molecule has 8 nitrogen and oxygen atoms in total. The van der Waals surface area contributed by atoms with Crippen molar-refractivity contribution in [2.75, 3.05) is 26.4 Å². The Hall–Kier alpha value is -4.20. The molecule has 0 unspecified atom stereocenters. The van der Waals surface area contributed by atoms with Crippen molar-refractivity contribution >= 4 is 11.9 Å². The van der Waals surface area contributed by atoms with Crippen molar-refractivity contribution < 1.29 is 38.4 Å². The number of phenolic OH excluding ortho intramolecular Hbond substituents is 1. The van der Waals surface area contributed by atoms with Crippen LogP contribution in [0.4, 0.5) is 0 Å². The number of aromatic hydroxyl groups is 1. The number of aryl methyl sites for hydroxylation is 2. The summed E-state index contributed by atoms with van der Waals surface area (Å²) >= 11 is 0. The van der Waals surface area contributed by atoms with Crippen LogP contribution in [0.15, 0.2) is 66.7 Å². The van der Waals surface area contributed by atoms with Gasteiger partial charge in [0.05, 0.1) is 13.2 Å². The maximum absolute atomic E-state index is 11.4. The van der Waals surface area contributed by atoms with Gasteiger partial charge in [0, 0.05) is 0 Å². The fraction of sp³-hybridized carbons (Fsp3) is 0.394. The van der Waals surface area contributed by atoms with E-state index in [4.69, 9.17) is 23.7 Å². The van der Waals surface area contributed by atoms with Crippen LogP contribution in [0.25, 0.3) is 0 Å². The Labute approximate surface area is 243 Å². The molecule has 222 valence electrons. The molecule has 3 aromatic carbocycles. The molecule has 0 aliphatic rings. The van der Waals surface area contributed by atoms with Crippen LogP contribution >= 0.6 is 0 Å². The van der Waals surface area contributed by atoms with E-state index in [2.05, 4.69) is 6.92 Å². The third kappa shape index (κ3) is 12.7. The molecule has 1 N–H and O–H groups in total. The van der Waals surface area contributed by atoms with E-state index >= 15 is 0 Å². The fourth-order valence-corrected chi connectivity index (χ4v) is 3.84. The number of rotatable bonds is 15. The van der Waals surface area contributed by atoms with Crippen molar-refractivity contribution in [1.29, 1.82) is 0 Å². The first-order valence-corrected chi connectivity index (χ1v) is 14.1. The van der Waals surface area contributed by atoms with Gasteiger partial charge in [0.2, 0.25) is 0 Å². The highest BCUT2D eigenvalue weighted by Crippen LogP contribution is 2.27. The second-order valence-corrected chi connectivity index (χ2v) is 9.02. The molecule has 0 fully saturated rings. The van der Waals surface area contributed by atoms with Gasteiger partial charge in [0.15, 0.2) is 13.2 Å². The Balaban J connectivity index is 0.000000305. The molecule has 3 rings (SSSR count). The zero-order valence-electron chi connectivity index (χ0n) is 24.5. The average Bonchev–Trinajstić information content (AvgIpc) is 2.97. The summed E-state index contributed by atoms with van der Waals surface area (Å²) in [7, 11) is 0. The van der Waals surface area contributed by atoms with Gasteiger partial charge in [-0.3, -0.25) is 0 Å². The van der Waals surface area contributed by atoms with Crippen LogP contribution in [0.1, 0.15) is 57.2 Å². The summed E-state index contributed by atoms with van der Waals surface area (Å²) in [5.41, 5.74) is 3.06. The monoisotopic (exact) mass is 566 g/mol. The molecule has 0 aliphatic carbocycles. The standard InChI is InChI=1S/C20H24O4.C13H18O4/c1-3-8-17-13-18(23-14-16-9-6-5-7-10-16)11-12-19(17)24-15-20(21)22-4-2;1-3-5-10-8-11(14)6-7-12(10)17-9-13(15)16-4-2/h5-7,9-13H,3-4,8,14-15H2,1-2H3;6-8,14H,3-5,9H2,1-2H3. The third-order valence-electron chi connectivity index (χ3n) is 5.66. The molecular formula is C33H42O8. The van der Waals surface area contributed by atoms with Gasteiger partial charge < -0.3 is 28.8 Å². The maximum atomic E-state index is 11.4. The van der Waals surface area contributed by atoms with Crippen LogP contribution in [-0.2, 0) is 38.5 Å². The van der Waals surface area contributed by atoms with Crippen molar-refractivity contribution in [2.45, 2.75) is 60.0 Å². The van der Waals surface area contributed by atoms with Crippen LogP contribution in [0.5, 0.6) is 23.0 Å². The average molecular weight is 567 g/mol. The van der Waals surface area contributed by atoms with Gasteiger partial charge in [-0.15, -0.1) is 0 Å². The lowest BCUT2D eigenvalue weighted by atomic mass is 10.1. The SMILES string of the molecule is CCCc1cc(O)ccc1OCC(=O)OCC.CCCc1cc(OCc2ccccc2)ccc1OCC(=O)OCC. The van der Waals surface area contributed by atoms with E-state index < -0.39 is 0 Å². The number of ether oxygens (including phenoxy) is 5. The van der Waals surface area contributed by atoms with E-state index in [1.54, 1.807) is 32.0 Å². The molecule has 8 heteroatoms. The number of phenols is 1. The number of carbonyl (C=O) groups excluding carboxylic acids is 2. The van der Waals surface area contributed by atoms with Crippen LogP contribution in [-0.4, -0.2) is 43.5 Å². The molecule has 0 heterocycles. The Morgan fingerprint density at radius 2 is 1.20 bits per heavy atom. The van der Waals surface area contributed by atoms with Crippen LogP contribution in [0.2, 0.25) is 0 Å². The van der Waals surface area contributed by atoms with E-state index in [0.717, 1.165) is 48.1 Å². The number of hydrogen-bond donors (Lipinski definition) is 1. The molecule has 0 aliphatic heterocycles. The minimum atomic E-state index is -0.386. The fourth-order valence-electron chi connectivity index (χ4n) is 3.84. The lowest BCUT2D eigenvalue weighted by Crippen LogP contribution is -2.15. The third-order valence-corrected chi connectivity index (χ3v) is 5.66. The zero-order chi connectivity index (χ0) is 29.9. The topological polar surface area (TPSA) is 101 Å². The first kappa shape index (κ1) is 33.0. The Morgan fingerprint density at radius 3 is 1.73 bits per heavy atom. The predicted octanol–water partition coefficient (Wildman–Crippen LogP) is 6.45. The van der Waals surface area contributed by atoms with E-state index in [-0.39, 0.29) is 30.9 Å². The lowest BCUT2D eigenvalue weighted by Gasteiger charge is -2.13. The van der Waals surface area contributed by atoms with Gasteiger partial charge in [-0.2, -0.15) is 0 Å². The second kappa shape index (κ2) is 19.0. The zero-order valence-corrected chi connectivity index (χ0v) is 24.5. The summed E-state index contributed by atoms with van der Waals surface area (Å²) in [5.74, 6) is 1.59. The Morgan fingerprint density at radius 1 is 0.659 bits per heavy atom. The van der Waals surface area contributed by atoms with Crippen molar-refractivity contribution in [3.63, 3.8) is 0 Å². The molecular weight excluding hydrogens is 524 g/mol. The largest absolute Gasteiger partial charge is 0.508 e. The molecule has 0 bridgehead atoms. The molecule has 0 saturated carbocycles. The summed E-state index contributed by atoms with van der Waals surface area (Å²) < 4.78 is 26.5. The summed E-state index contributed by atoms with van der Waals surface area (Å²) in [5, 5.41) is 9.38. The first-order chi connectivity index (χ1) is 19.9. The summed E-state index contributed by atoms with van der Waals surface area (Å²) in [6.45, 7) is 8.72. The number of benzene rings is 3. The van der Waals surface area contributed by atoms with Crippen LogP contribution < -0.4 is 14.2 Å². The molecule has 0 radical (unpaired) electrons. The van der Waals surface area contributed by atoms with Gasteiger partial charge in [0.1, 0.15) is 29.6 Å². The minimum Gasteiger partial charge on any atom is -0.508 e.